The normalized spacial score (nSPS) is 13.5. The van der Waals surface area contributed by atoms with Crippen LogP contribution in [0.2, 0.25) is 0 Å². The van der Waals surface area contributed by atoms with Gasteiger partial charge < -0.3 is 15.6 Å². The van der Waals surface area contributed by atoms with Crippen LogP contribution in [0.25, 0.3) is 16.8 Å². The van der Waals surface area contributed by atoms with Crippen molar-refractivity contribution in [3.63, 3.8) is 0 Å². The van der Waals surface area contributed by atoms with Gasteiger partial charge in [-0.1, -0.05) is 12.0 Å². The van der Waals surface area contributed by atoms with E-state index in [1.54, 1.807) is 24.7 Å². The van der Waals surface area contributed by atoms with Crippen molar-refractivity contribution in [3.8, 4) is 23.6 Å². The van der Waals surface area contributed by atoms with Crippen molar-refractivity contribution in [1.29, 1.82) is 5.41 Å². The van der Waals surface area contributed by atoms with Gasteiger partial charge in [0.1, 0.15) is 5.71 Å². The number of rotatable bonds is 6. The van der Waals surface area contributed by atoms with Crippen LogP contribution in [0, 0.1) is 24.7 Å². The highest BCUT2D eigenvalue weighted by Crippen LogP contribution is 2.33. The molecule has 0 aliphatic heterocycles. The molecule has 3 aromatic rings. The molecule has 0 radical (unpaired) electrons. The Hall–Kier alpha value is -4.18. The lowest BCUT2D eigenvalue weighted by Gasteiger charge is -2.13. The lowest BCUT2D eigenvalue weighted by molar-refractivity contribution is 0.917. The van der Waals surface area contributed by atoms with E-state index < -0.39 is 0 Å². The lowest BCUT2D eigenvalue weighted by Crippen LogP contribution is -2.10. The minimum Gasteiger partial charge on any atom is -0.397 e. The molecule has 0 spiro atoms. The summed E-state index contributed by atoms with van der Waals surface area (Å²) in [6, 6.07) is 3.81. The van der Waals surface area contributed by atoms with Gasteiger partial charge in [0, 0.05) is 42.7 Å². The van der Waals surface area contributed by atoms with Crippen molar-refractivity contribution in [1.82, 2.24) is 19.9 Å². The topological polar surface area (TPSA) is 108 Å². The molecule has 4 rings (SSSR count). The minimum absolute atomic E-state index is 0.197. The largest absolute Gasteiger partial charge is 0.397 e. The molecule has 0 atom stereocenters. The maximum atomic E-state index is 8.84. The fourth-order valence-corrected chi connectivity index (χ4v) is 3.93. The maximum absolute atomic E-state index is 8.84. The molecule has 0 bridgehead atoms. The molecule has 1 aliphatic carbocycles. The quantitative estimate of drug-likeness (QED) is 0.392. The Labute approximate surface area is 194 Å². The van der Waals surface area contributed by atoms with Gasteiger partial charge in [-0.15, -0.1) is 6.42 Å². The first-order valence-corrected chi connectivity index (χ1v) is 10.8. The third-order valence-electron chi connectivity index (χ3n) is 5.73. The molecular formula is C26H27N7. The summed E-state index contributed by atoms with van der Waals surface area (Å²) in [5.41, 5.74) is 13.7. The van der Waals surface area contributed by atoms with Gasteiger partial charge in [-0.2, -0.15) is 0 Å². The zero-order valence-electron chi connectivity index (χ0n) is 19.1. The number of pyridine rings is 2. The molecule has 0 aromatic carbocycles. The Morgan fingerprint density at radius 2 is 2.09 bits per heavy atom. The Bertz CT molecular complexity index is 1320. The SMILES string of the molecule is C#C/C=C(/C1=CCCC1)c1nc(C(=N)c2cc(-c3cncc(N(C)C)c3)ncc2N)[nH]c1C. The van der Waals surface area contributed by atoms with E-state index >= 15 is 0 Å². The highest BCUT2D eigenvalue weighted by Gasteiger charge is 2.20. The maximum Gasteiger partial charge on any atom is 0.156 e. The second kappa shape index (κ2) is 9.13. The third-order valence-corrected chi connectivity index (χ3v) is 5.73. The number of aryl methyl sites for hydroxylation is 1. The van der Waals surface area contributed by atoms with Crippen LogP contribution in [0.1, 0.15) is 42.0 Å². The summed E-state index contributed by atoms with van der Waals surface area (Å²) in [7, 11) is 3.92. The molecule has 33 heavy (non-hydrogen) atoms. The molecule has 0 saturated carbocycles. The zero-order valence-corrected chi connectivity index (χ0v) is 19.1. The predicted octanol–water partition coefficient (Wildman–Crippen LogP) is 4.37. The van der Waals surface area contributed by atoms with E-state index in [0.29, 0.717) is 22.8 Å². The number of allylic oxidation sites excluding steroid dienone is 4. The van der Waals surface area contributed by atoms with Crippen molar-refractivity contribution >= 4 is 22.7 Å². The second-order valence-electron chi connectivity index (χ2n) is 8.26. The number of aromatic nitrogens is 4. The minimum atomic E-state index is 0.197. The molecule has 3 heterocycles. The molecule has 4 N–H and O–H groups in total. The number of nitrogen functional groups attached to an aromatic ring is 1. The van der Waals surface area contributed by atoms with Gasteiger partial charge in [-0.25, -0.2) is 4.98 Å². The number of terminal acetylenes is 1. The molecular weight excluding hydrogens is 410 g/mol. The van der Waals surface area contributed by atoms with Crippen LogP contribution in [0.4, 0.5) is 11.4 Å². The Kier molecular flexibility index (Phi) is 6.09. The highest BCUT2D eigenvalue weighted by molar-refractivity contribution is 6.12. The van der Waals surface area contributed by atoms with Gasteiger partial charge in [0.2, 0.25) is 0 Å². The van der Waals surface area contributed by atoms with Crippen LogP contribution in [-0.2, 0) is 0 Å². The summed E-state index contributed by atoms with van der Waals surface area (Å²) in [6.45, 7) is 1.94. The van der Waals surface area contributed by atoms with Gasteiger partial charge in [-0.05, 0) is 50.0 Å². The van der Waals surface area contributed by atoms with Gasteiger partial charge in [0.15, 0.2) is 5.82 Å². The summed E-state index contributed by atoms with van der Waals surface area (Å²) in [4.78, 5) is 18.8. The van der Waals surface area contributed by atoms with Crippen LogP contribution in [0.3, 0.4) is 0 Å². The van der Waals surface area contributed by atoms with Crippen molar-refractivity contribution in [2.24, 2.45) is 0 Å². The molecule has 0 saturated heterocycles. The van der Waals surface area contributed by atoms with E-state index in [1.807, 2.05) is 38.1 Å². The van der Waals surface area contributed by atoms with Crippen molar-refractivity contribution < 1.29 is 0 Å². The van der Waals surface area contributed by atoms with E-state index in [0.717, 1.165) is 47.5 Å². The average molecular weight is 438 g/mol. The Balaban J connectivity index is 1.71. The molecule has 7 heteroatoms. The fraction of sp³-hybridized carbons (Fsp3) is 0.231. The van der Waals surface area contributed by atoms with E-state index in [9.17, 15) is 0 Å². The predicted molar refractivity (Wildman–Crippen MR) is 134 cm³/mol. The van der Waals surface area contributed by atoms with E-state index in [4.69, 9.17) is 22.6 Å². The van der Waals surface area contributed by atoms with Gasteiger partial charge in [-0.3, -0.25) is 15.4 Å². The van der Waals surface area contributed by atoms with Crippen molar-refractivity contribution in [2.75, 3.05) is 24.7 Å². The number of hydrogen-bond donors (Lipinski definition) is 3. The Morgan fingerprint density at radius 1 is 1.27 bits per heavy atom. The number of anilines is 2. The summed E-state index contributed by atoms with van der Waals surface area (Å²) in [5.74, 6) is 3.08. The van der Waals surface area contributed by atoms with Crippen LogP contribution in [0.15, 0.2) is 48.4 Å². The standard InChI is InChI=1S/C26H27N7/c1-5-8-20(17-9-6-7-10-17)25-16(2)31-26(32-25)24(28)21-12-23(30-15-22(21)27)18-11-19(33(3)4)14-29-13-18/h1,8-9,11-15,28H,6-7,10,27H2,2-4H3,(H,31,32)/b20-8-,28-24?. The number of hydrogen-bond acceptors (Lipinski definition) is 6. The van der Waals surface area contributed by atoms with E-state index in [2.05, 4.69) is 26.9 Å². The number of nitrogens with zero attached hydrogens (tertiary/aromatic N) is 4. The first-order chi connectivity index (χ1) is 15.9. The van der Waals surface area contributed by atoms with Gasteiger partial charge in [0.05, 0.1) is 35.2 Å². The van der Waals surface area contributed by atoms with E-state index in [-0.39, 0.29) is 5.71 Å². The number of nitrogens with two attached hydrogens (primary N) is 1. The number of imidazole rings is 1. The van der Waals surface area contributed by atoms with E-state index in [1.165, 1.54) is 5.57 Å². The van der Waals surface area contributed by atoms with Gasteiger partial charge in [0.25, 0.3) is 0 Å². The smallest absolute Gasteiger partial charge is 0.156 e. The molecule has 1 aliphatic rings. The van der Waals surface area contributed by atoms with Crippen molar-refractivity contribution in [3.05, 3.63) is 71.2 Å². The molecule has 166 valence electrons. The zero-order chi connectivity index (χ0) is 23.5. The summed E-state index contributed by atoms with van der Waals surface area (Å²) in [6.07, 6.45) is 17.8. The lowest BCUT2D eigenvalue weighted by atomic mass is 10.0. The highest BCUT2D eigenvalue weighted by atomic mass is 15.1. The number of nitrogens with one attached hydrogen (secondary N) is 2. The molecule has 0 amide bonds. The molecule has 0 unspecified atom stereocenters. The van der Waals surface area contributed by atoms with Crippen LogP contribution >= 0.6 is 0 Å². The summed E-state index contributed by atoms with van der Waals surface area (Å²) in [5, 5.41) is 8.84. The summed E-state index contributed by atoms with van der Waals surface area (Å²) < 4.78 is 0. The fourth-order valence-electron chi connectivity index (χ4n) is 3.93. The van der Waals surface area contributed by atoms with Crippen LogP contribution in [-0.4, -0.2) is 39.7 Å². The second-order valence-corrected chi connectivity index (χ2v) is 8.26. The average Bonchev–Trinajstić information content (AvgIpc) is 3.48. The molecule has 7 nitrogen and oxygen atoms in total. The number of H-pyrrole nitrogens is 1. The van der Waals surface area contributed by atoms with Crippen LogP contribution < -0.4 is 10.6 Å². The Morgan fingerprint density at radius 3 is 2.79 bits per heavy atom. The first kappa shape index (κ1) is 22.0. The number of aromatic amines is 1. The first-order valence-electron chi connectivity index (χ1n) is 10.8. The molecule has 0 fully saturated rings. The third kappa shape index (κ3) is 4.41. The van der Waals surface area contributed by atoms with Gasteiger partial charge >= 0.3 is 0 Å². The molecule has 3 aromatic heterocycles. The van der Waals surface area contributed by atoms with Crippen LogP contribution in [0.5, 0.6) is 0 Å². The van der Waals surface area contributed by atoms with Crippen molar-refractivity contribution in [2.45, 2.75) is 26.2 Å². The summed E-state index contributed by atoms with van der Waals surface area (Å²) >= 11 is 0. The monoisotopic (exact) mass is 437 g/mol.